The van der Waals surface area contributed by atoms with Crippen LogP contribution in [-0.2, 0) is 12.3 Å². The SMILES string of the molecule is N#CCc1cnc(CCl)cc1C(F)F. The Labute approximate surface area is 85.1 Å². The molecule has 0 atom stereocenters. The summed E-state index contributed by atoms with van der Waals surface area (Å²) < 4.78 is 25.0. The van der Waals surface area contributed by atoms with E-state index in [1.54, 1.807) is 0 Å². The first-order valence-electron chi connectivity index (χ1n) is 3.87. The molecule has 0 fully saturated rings. The van der Waals surface area contributed by atoms with E-state index < -0.39 is 6.43 Å². The first-order valence-corrected chi connectivity index (χ1v) is 4.41. The smallest absolute Gasteiger partial charge is 0.260 e. The number of rotatable bonds is 3. The lowest BCUT2D eigenvalue weighted by Gasteiger charge is -2.06. The molecule has 0 saturated heterocycles. The summed E-state index contributed by atoms with van der Waals surface area (Å²) in [5.74, 6) is 0.0898. The topological polar surface area (TPSA) is 36.7 Å². The Morgan fingerprint density at radius 1 is 1.57 bits per heavy atom. The van der Waals surface area contributed by atoms with Gasteiger partial charge >= 0.3 is 0 Å². The van der Waals surface area contributed by atoms with E-state index in [4.69, 9.17) is 16.9 Å². The molecule has 0 aliphatic heterocycles. The molecule has 0 N–H and O–H groups in total. The predicted molar refractivity (Wildman–Crippen MR) is 48.1 cm³/mol. The summed E-state index contributed by atoms with van der Waals surface area (Å²) in [4.78, 5) is 3.84. The summed E-state index contributed by atoms with van der Waals surface area (Å²) in [7, 11) is 0. The van der Waals surface area contributed by atoms with Crippen molar-refractivity contribution in [1.82, 2.24) is 4.98 Å². The van der Waals surface area contributed by atoms with E-state index in [0.717, 1.165) is 0 Å². The molecule has 1 rings (SSSR count). The number of nitriles is 1. The maximum absolute atomic E-state index is 12.5. The molecule has 5 heteroatoms. The van der Waals surface area contributed by atoms with E-state index >= 15 is 0 Å². The Morgan fingerprint density at radius 2 is 2.29 bits per heavy atom. The minimum Gasteiger partial charge on any atom is -0.260 e. The summed E-state index contributed by atoms with van der Waals surface area (Å²) >= 11 is 5.46. The molecule has 74 valence electrons. The maximum atomic E-state index is 12.5. The number of pyridine rings is 1. The Hall–Kier alpha value is -1.21. The van der Waals surface area contributed by atoms with Gasteiger partial charge in [0.1, 0.15) is 0 Å². The number of halogens is 3. The molecule has 0 aliphatic carbocycles. The number of hydrogen-bond donors (Lipinski definition) is 0. The van der Waals surface area contributed by atoms with Crippen molar-refractivity contribution >= 4 is 11.6 Å². The van der Waals surface area contributed by atoms with Crippen molar-refractivity contribution in [2.75, 3.05) is 0 Å². The molecule has 0 unspecified atom stereocenters. The Kier molecular flexibility index (Phi) is 3.78. The summed E-state index contributed by atoms with van der Waals surface area (Å²) in [5, 5.41) is 8.40. The number of hydrogen-bond acceptors (Lipinski definition) is 2. The average molecular weight is 217 g/mol. The van der Waals surface area contributed by atoms with Crippen molar-refractivity contribution in [3.63, 3.8) is 0 Å². The van der Waals surface area contributed by atoms with Crippen molar-refractivity contribution in [3.8, 4) is 6.07 Å². The molecule has 0 spiro atoms. The fourth-order valence-corrected chi connectivity index (χ4v) is 1.20. The highest BCUT2D eigenvalue weighted by molar-refractivity contribution is 6.16. The van der Waals surface area contributed by atoms with Gasteiger partial charge in [-0.05, 0) is 11.6 Å². The van der Waals surface area contributed by atoms with Crippen LogP contribution in [0.4, 0.5) is 8.78 Å². The molecule has 1 aromatic heterocycles. The molecule has 1 aromatic rings. The number of alkyl halides is 3. The fraction of sp³-hybridized carbons (Fsp3) is 0.333. The summed E-state index contributed by atoms with van der Waals surface area (Å²) in [6, 6.07) is 3.05. The molecule has 0 amide bonds. The van der Waals surface area contributed by atoms with Crippen LogP contribution in [0.1, 0.15) is 23.2 Å². The van der Waals surface area contributed by atoms with Crippen molar-refractivity contribution in [2.24, 2.45) is 0 Å². The van der Waals surface area contributed by atoms with E-state index in [0.29, 0.717) is 5.69 Å². The predicted octanol–water partition coefficient (Wildman–Crippen LogP) is 2.82. The van der Waals surface area contributed by atoms with Gasteiger partial charge in [-0.2, -0.15) is 5.26 Å². The first-order chi connectivity index (χ1) is 6.69. The third-order valence-corrected chi connectivity index (χ3v) is 1.99. The van der Waals surface area contributed by atoms with Crippen LogP contribution in [0.25, 0.3) is 0 Å². The standard InChI is InChI=1S/C9H7ClF2N2/c10-4-7-3-8(9(11)12)6(1-2-13)5-14-7/h3,5,9H,1,4H2. The van der Waals surface area contributed by atoms with Crippen LogP contribution in [0.3, 0.4) is 0 Å². The Bertz CT molecular complexity index is 360. The van der Waals surface area contributed by atoms with Gasteiger partial charge in [-0.25, -0.2) is 8.78 Å². The van der Waals surface area contributed by atoms with Crippen LogP contribution in [0, 0.1) is 11.3 Å². The van der Waals surface area contributed by atoms with Gasteiger partial charge < -0.3 is 0 Å². The normalized spacial score (nSPS) is 10.2. The molecule has 1 heterocycles. The molecule has 0 bridgehead atoms. The van der Waals surface area contributed by atoms with Crippen molar-refractivity contribution in [3.05, 3.63) is 29.1 Å². The zero-order valence-corrected chi connectivity index (χ0v) is 7.93. The van der Waals surface area contributed by atoms with Gasteiger partial charge in [0.15, 0.2) is 0 Å². The highest BCUT2D eigenvalue weighted by Gasteiger charge is 2.13. The van der Waals surface area contributed by atoms with E-state index in [-0.39, 0.29) is 23.4 Å². The molecule has 14 heavy (non-hydrogen) atoms. The molecule has 0 aromatic carbocycles. The highest BCUT2D eigenvalue weighted by Crippen LogP contribution is 2.23. The monoisotopic (exact) mass is 216 g/mol. The zero-order chi connectivity index (χ0) is 10.6. The molecular weight excluding hydrogens is 210 g/mol. The summed E-state index contributed by atoms with van der Waals surface area (Å²) in [6.07, 6.45) is -1.37. The van der Waals surface area contributed by atoms with Gasteiger partial charge in [0.05, 0.1) is 24.1 Å². The van der Waals surface area contributed by atoms with Crippen LogP contribution in [0.5, 0.6) is 0 Å². The first kappa shape index (κ1) is 10.9. The quantitative estimate of drug-likeness (QED) is 0.729. The molecular formula is C9H7ClF2N2. The Balaban J connectivity index is 3.11. The molecule has 0 saturated carbocycles. The third-order valence-electron chi connectivity index (χ3n) is 1.72. The van der Waals surface area contributed by atoms with Gasteiger partial charge in [-0.15, -0.1) is 11.6 Å². The second-order valence-electron chi connectivity index (χ2n) is 2.64. The van der Waals surface area contributed by atoms with Gasteiger partial charge in [0.25, 0.3) is 6.43 Å². The van der Waals surface area contributed by atoms with Crippen LogP contribution in [0.15, 0.2) is 12.3 Å². The van der Waals surface area contributed by atoms with E-state index in [9.17, 15) is 8.78 Å². The van der Waals surface area contributed by atoms with Crippen LogP contribution >= 0.6 is 11.6 Å². The van der Waals surface area contributed by atoms with Crippen LogP contribution in [-0.4, -0.2) is 4.98 Å². The van der Waals surface area contributed by atoms with E-state index in [1.807, 2.05) is 6.07 Å². The fourth-order valence-electron chi connectivity index (χ4n) is 1.05. The largest absolute Gasteiger partial charge is 0.264 e. The molecule has 2 nitrogen and oxygen atoms in total. The second kappa shape index (κ2) is 4.87. The Morgan fingerprint density at radius 3 is 2.79 bits per heavy atom. The summed E-state index contributed by atoms with van der Waals surface area (Å²) in [6.45, 7) is 0. The molecule has 0 radical (unpaired) electrons. The van der Waals surface area contributed by atoms with E-state index in [1.165, 1.54) is 12.3 Å². The van der Waals surface area contributed by atoms with Gasteiger partial charge in [0, 0.05) is 11.8 Å². The second-order valence-corrected chi connectivity index (χ2v) is 2.91. The highest BCUT2D eigenvalue weighted by atomic mass is 35.5. The lowest BCUT2D eigenvalue weighted by molar-refractivity contribution is 0.150. The average Bonchev–Trinajstić information content (AvgIpc) is 2.18. The third kappa shape index (κ3) is 2.39. The van der Waals surface area contributed by atoms with Crippen LogP contribution in [0.2, 0.25) is 0 Å². The zero-order valence-electron chi connectivity index (χ0n) is 7.17. The van der Waals surface area contributed by atoms with Gasteiger partial charge in [0.2, 0.25) is 0 Å². The van der Waals surface area contributed by atoms with E-state index in [2.05, 4.69) is 4.98 Å². The van der Waals surface area contributed by atoms with Crippen molar-refractivity contribution in [1.29, 1.82) is 5.26 Å². The van der Waals surface area contributed by atoms with Gasteiger partial charge in [-0.3, -0.25) is 4.98 Å². The number of nitrogens with zero attached hydrogens (tertiary/aromatic N) is 2. The van der Waals surface area contributed by atoms with Gasteiger partial charge in [-0.1, -0.05) is 0 Å². The van der Waals surface area contributed by atoms with Crippen LogP contribution < -0.4 is 0 Å². The minimum atomic E-state index is -2.59. The maximum Gasteiger partial charge on any atom is 0.264 e. The lowest BCUT2D eigenvalue weighted by atomic mass is 10.1. The lowest BCUT2D eigenvalue weighted by Crippen LogP contribution is -1.98. The molecule has 0 aliphatic rings. The summed E-state index contributed by atoms with van der Waals surface area (Å²) in [5.41, 5.74) is 0.497. The van der Waals surface area contributed by atoms with Crippen molar-refractivity contribution < 1.29 is 8.78 Å². The van der Waals surface area contributed by atoms with Crippen molar-refractivity contribution in [2.45, 2.75) is 18.7 Å². The number of aromatic nitrogens is 1. The minimum absolute atomic E-state index is 0.0603.